The van der Waals surface area contributed by atoms with Crippen molar-refractivity contribution in [1.29, 1.82) is 0 Å². The Morgan fingerprint density at radius 2 is 1.81 bits per heavy atom. The summed E-state index contributed by atoms with van der Waals surface area (Å²) in [5.74, 6) is 0.381. The summed E-state index contributed by atoms with van der Waals surface area (Å²) in [4.78, 5) is 4.23. The fourth-order valence-electron chi connectivity index (χ4n) is 1.84. The number of nitrogens with zero attached hydrogens (tertiary/aromatic N) is 2. The molecule has 1 aromatic heterocycles. The lowest BCUT2D eigenvalue weighted by Gasteiger charge is -2.01. The summed E-state index contributed by atoms with van der Waals surface area (Å²) in [6.07, 6.45) is 0. The number of para-hydroxylation sites is 1. The van der Waals surface area contributed by atoms with Crippen molar-refractivity contribution in [2.75, 3.05) is 5.32 Å². The standard InChI is InChI=1S/C15H13N3O3/c19-12-7-6-10(8-13(12)20)15-17-14(21-18-15)9-16-11-4-2-1-3-5-11/h1-8,16,19-20H,9H2. The summed E-state index contributed by atoms with van der Waals surface area (Å²) >= 11 is 0. The summed E-state index contributed by atoms with van der Waals surface area (Å²) in [6.45, 7) is 0.404. The zero-order valence-corrected chi connectivity index (χ0v) is 11.0. The van der Waals surface area contributed by atoms with Crippen LogP contribution in [-0.4, -0.2) is 20.4 Å². The minimum absolute atomic E-state index is 0.187. The monoisotopic (exact) mass is 283 g/mol. The molecule has 3 N–H and O–H groups in total. The van der Waals surface area contributed by atoms with Gasteiger partial charge in [0.15, 0.2) is 11.5 Å². The van der Waals surface area contributed by atoms with Crippen molar-refractivity contribution in [3.63, 3.8) is 0 Å². The molecule has 0 saturated heterocycles. The molecule has 3 rings (SSSR count). The Balaban J connectivity index is 1.72. The number of benzene rings is 2. The molecule has 0 saturated carbocycles. The summed E-state index contributed by atoms with van der Waals surface area (Å²) in [7, 11) is 0. The maximum Gasteiger partial charge on any atom is 0.246 e. The number of rotatable bonds is 4. The molecule has 2 aromatic carbocycles. The summed E-state index contributed by atoms with van der Waals surface area (Å²) in [5, 5.41) is 25.8. The maximum atomic E-state index is 9.47. The first-order chi connectivity index (χ1) is 10.2. The number of hydrogen-bond acceptors (Lipinski definition) is 6. The summed E-state index contributed by atoms with van der Waals surface area (Å²) in [6, 6.07) is 14.0. The normalized spacial score (nSPS) is 10.5. The van der Waals surface area contributed by atoms with E-state index in [0.29, 0.717) is 23.8 Å². The number of aromatic nitrogens is 2. The van der Waals surface area contributed by atoms with E-state index in [9.17, 15) is 10.2 Å². The molecule has 0 spiro atoms. The largest absolute Gasteiger partial charge is 0.504 e. The Morgan fingerprint density at radius 1 is 1.00 bits per heavy atom. The van der Waals surface area contributed by atoms with Crippen LogP contribution in [0.25, 0.3) is 11.4 Å². The molecule has 21 heavy (non-hydrogen) atoms. The highest BCUT2D eigenvalue weighted by atomic mass is 16.5. The van der Waals surface area contributed by atoms with E-state index in [4.69, 9.17) is 4.52 Å². The highest BCUT2D eigenvalue weighted by Crippen LogP contribution is 2.29. The molecule has 106 valence electrons. The van der Waals surface area contributed by atoms with Crippen molar-refractivity contribution in [1.82, 2.24) is 10.1 Å². The lowest BCUT2D eigenvalue weighted by molar-refractivity contribution is 0.384. The smallest absolute Gasteiger partial charge is 0.246 e. The number of anilines is 1. The van der Waals surface area contributed by atoms with Gasteiger partial charge in [-0.25, -0.2) is 0 Å². The minimum Gasteiger partial charge on any atom is -0.504 e. The van der Waals surface area contributed by atoms with E-state index in [1.807, 2.05) is 30.3 Å². The van der Waals surface area contributed by atoms with Crippen molar-refractivity contribution in [2.24, 2.45) is 0 Å². The average molecular weight is 283 g/mol. The molecule has 0 radical (unpaired) electrons. The molecule has 0 amide bonds. The molecular formula is C15H13N3O3. The minimum atomic E-state index is -0.221. The fraction of sp³-hybridized carbons (Fsp3) is 0.0667. The lowest BCUT2D eigenvalue weighted by Crippen LogP contribution is -1.99. The van der Waals surface area contributed by atoms with Gasteiger partial charge in [-0.1, -0.05) is 23.4 Å². The first-order valence-electron chi connectivity index (χ1n) is 6.36. The predicted molar refractivity (Wildman–Crippen MR) is 76.8 cm³/mol. The Labute approximate surface area is 120 Å². The van der Waals surface area contributed by atoms with Gasteiger partial charge in [-0.2, -0.15) is 4.98 Å². The zero-order valence-electron chi connectivity index (χ0n) is 11.0. The third-order valence-electron chi connectivity index (χ3n) is 2.92. The number of phenolic OH excluding ortho intramolecular Hbond substituents is 2. The van der Waals surface area contributed by atoms with E-state index in [0.717, 1.165) is 5.69 Å². The van der Waals surface area contributed by atoms with Crippen LogP contribution < -0.4 is 5.32 Å². The van der Waals surface area contributed by atoms with Crippen molar-refractivity contribution in [3.05, 3.63) is 54.4 Å². The Bertz CT molecular complexity index is 741. The topological polar surface area (TPSA) is 91.4 Å². The molecule has 6 nitrogen and oxygen atoms in total. The number of hydrogen-bond donors (Lipinski definition) is 3. The van der Waals surface area contributed by atoms with Crippen molar-refractivity contribution in [3.8, 4) is 22.9 Å². The molecule has 6 heteroatoms. The highest BCUT2D eigenvalue weighted by Gasteiger charge is 2.10. The Hall–Kier alpha value is -3.02. The van der Waals surface area contributed by atoms with Gasteiger partial charge < -0.3 is 20.1 Å². The maximum absolute atomic E-state index is 9.47. The molecule has 3 aromatic rings. The number of aromatic hydroxyl groups is 2. The number of nitrogens with one attached hydrogen (secondary N) is 1. The SMILES string of the molecule is Oc1ccc(-c2noc(CNc3ccccc3)n2)cc1O. The Kier molecular flexibility index (Phi) is 3.42. The van der Waals surface area contributed by atoms with E-state index in [1.54, 1.807) is 6.07 Å². The van der Waals surface area contributed by atoms with Crippen LogP contribution in [0.2, 0.25) is 0 Å². The fourth-order valence-corrected chi connectivity index (χ4v) is 1.84. The van der Waals surface area contributed by atoms with Gasteiger partial charge in [-0.3, -0.25) is 0 Å². The second-order valence-electron chi connectivity index (χ2n) is 4.43. The third-order valence-corrected chi connectivity index (χ3v) is 2.92. The zero-order chi connectivity index (χ0) is 14.7. The van der Waals surface area contributed by atoms with E-state index in [1.165, 1.54) is 12.1 Å². The van der Waals surface area contributed by atoms with E-state index in [2.05, 4.69) is 15.5 Å². The van der Waals surface area contributed by atoms with Crippen LogP contribution in [0.4, 0.5) is 5.69 Å². The molecule has 0 aliphatic rings. The van der Waals surface area contributed by atoms with Crippen LogP contribution in [0.3, 0.4) is 0 Å². The quantitative estimate of drug-likeness (QED) is 0.638. The van der Waals surface area contributed by atoms with Crippen LogP contribution >= 0.6 is 0 Å². The van der Waals surface area contributed by atoms with Gasteiger partial charge in [0, 0.05) is 11.3 Å². The van der Waals surface area contributed by atoms with Crippen LogP contribution in [0.15, 0.2) is 53.1 Å². The molecule has 1 heterocycles. The van der Waals surface area contributed by atoms with Crippen molar-refractivity contribution < 1.29 is 14.7 Å². The average Bonchev–Trinajstić information content (AvgIpc) is 2.98. The molecule has 0 aliphatic carbocycles. The lowest BCUT2D eigenvalue weighted by atomic mass is 10.2. The first kappa shape index (κ1) is 13.0. The summed E-state index contributed by atoms with van der Waals surface area (Å²) < 4.78 is 5.14. The molecule has 0 atom stereocenters. The van der Waals surface area contributed by atoms with Gasteiger partial charge in [0.2, 0.25) is 11.7 Å². The van der Waals surface area contributed by atoms with Crippen LogP contribution in [0.5, 0.6) is 11.5 Å². The van der Waals surface area contributed by atoms with Crippen molar-refractivity contribution in [2.45, 2.75) is 6.54 Å². The molecule has 0 unspecified atom stereocenters. The molecule has 0 fully saturated rings. The van der Waals surface area contributed by atoms with Crippen molar-refractivity contribution >= 4 is 5.69 Å². The predicted octanol–water partition coefficient (Wildman–Crippen LogP) is 2.76. The Morgan fingerprint density at radius 3 is 2.57 bits per heavy atom. The van der Waals surface area contributed by atoms with Crippen LogP contribution in [-0.2, 0) is 6.54 Å². The van der Waals surface area contributed by atoms with E-state index in [-0.39, 0.29) is 11.5 Å². The second-order valence-corrected chi connectivity index (χ2v) is 4.43. The summed E-state index contributed by atoms with van der Waals surface area (Å²) in [5.41, 5.74) is 1.53. The molecule has 0 aliphatic heterocycles. The van der Waals surface area contributed by atoms with Gasteiger partial charge in [0.05, 0.1) is 6.54 Å². The molecule has 0 bridgehead atoms. The van der Waals surface area contributed by atoms with Gasteiger partial charge in [-0.05, 0) is 30.3 Å². The van der Waals surface area contributed by atoms with E-state index < -0.39 is 0 Å². The molecular weight excluding hydrogens is 270 g/mol. The highest BCUT2D eigenvalue weighted by molar-refractivity contribution is 5.60. The van der Waals surface area contributed by atoms with Gasteiger partial charge in [-0.15, -0.1) is 0 Å². The third kappa shape index (κ3) is 2.94. The number of phenols is 2. The van der Waals surface area contributed by atoms with Gasteiger partial charge in [0.25, 0.3) is 0 Å². The van der Waals surface area contributed by atoms with Crippen LogP contribution in [0.1, 0.15) is 5.89 Å². The second kappa shape index (κ2) is 5.54. The van der Waals surface area contributed by atoms with Gasteiger partial charge >= 0.3 is 0 Å². The van der Waals surface area contributed by atoms with Gasteiger partial charge in [0.1, 0.15) is 0 Å². The first-order valence-corrected chi connectivity index (χ1v) is 6.36. The van der Waals surface area contributed by atoms with Crippen LogP contribution in [0, 0.1) is 0 Å². The van der Waals surface area contributed by atoms with E-state index >= 15 is 0 Å².